The van der Waals surface area contributed by atoms with Crippen molar-refractivity contribution in [3.63, 3.8) is 0 Å². The van der Waals surface area contributed by atoms with Crippen molar-refractivity contribution in [1.82, 2.24) is 9.88 Å². The summed E-state index contributed by atoms with van der Waals surface area (Å²) >= 11 is 1.69. The molecular weight excluding hydrogens is 236 g/mol. The van der Waals surface area contributed by atoms with Crippen molar-refractivity contribution in [3.8, 4) is 0 Å². The fourth-order valence-corrected chi connectivity index (χ4v) is 2.91. The largest absolute Gasteiger partial charge is 0.395 e. The highest BCUT2D eigenvalue weighted by Crippen LogP contribution is 2.24. The minimum atomic E-state index is -0.171. The van der Waals surface area contributed by atoms with Gasteiger partial charge in [-0.3, -0.25) is 0 Å². The van der Waals surface area contributed by atoms with E-state index in [0.29, 0.717) is 6.42 Å². The van der Waals surface area contributed by atoms with Crippen LogP contribution in [-0.2, 0) is 6.42 Å². The zero-order chi connectivity index (χ0) is 12.3. The molecule has 0 radical (unpaired) electrons. The van der Waals surface area contributed by atoms with Gasteiger partial charge in [0.1, 0.15) is 0 Å². The highest BCUT2D eigenvalue weighted by atomic mass is 32.1. The van der Waals surface area contributed by atoms with E-state index < -0.39 is 0 Å². The first-order valence-electron chi connectivity index (χ1n) is 5.93. The number of aliphatic hydroxyl groups is 1. The van der Waals surface area contributed by atoms with Gasteiger partial charge in [0.25, 0.3) is 0 Å². The van der Waals surface area contributed by atoms with Crippen molar-refractivity contribution in [2.24, 2.45) is 5.73 Å². The van der Waals surface area contributed by atoms with E-state index in [-0.39, 0.29) is 12.6 Å². The number of nitrogens with two attached hydrogens (primary N) is 1. The van der Waals surface area contributed by atoms with E-state index in [1.54, 1.807) is 11.3 Å². The van der Waals surface area contributed by atoms with Crippen LogP contribution >= 0.6 is 11.3 Å². The van der Waals surface area contributed by atoms with Crippen LogP contribution in [-0.4, -0.2) is 60.9 Å². The first-order chi connectivity index (χ1) is 8.19. The SMILES string of the molecule is CN1CCN(c2ncc(CC(N)CO)s2)CC1. The number of piperazine rings is 1. The Morgan fingerprint density at radius 3 is 2.82 bits per heavy atom. The van der Waals surface area contributed by atoms with Crippen LogP contribution in [0.5, 0.6) is 0 Å². The quantitative estimate of drug-likeness (QED) is 0.778. The Morgan fingerprint density at radius 1 is 1.47 bits per heavy atom. The van der Waals surface area contributed by atoms with E-state index in [9.17, 15) is 0 Å². The lowest BCUT2D eigenvalue weighted by Crippen LogP contribution is -2.44. The molecule has 0 aromatic carbocycles. The number of anilines is 1. The molecule has 0 bridgehead atoms. The van der Waals surface area contributed by atoms with Gasteiger partial charge in [-0.15, -0.1) is 11.3 Å². The molecule has 0 amide bonds. The smallest absolute Gasteiger partial charge is 0.185 e. The van der Waals surface area contributed by atoms with Crippen molar-refractivity contribution in [2.45, 2.75) is 12.5 Å². The second-order valence-corrected chi connectivity index (χ2v) is 5.64. The molecule has 1 aliphatic heterocycles. The third-order valence-corrected chi connectivity index (χ3v) is 4.09. The molecule has 96 valence electrons. The Hall–Kier alpha value is -0.690. The van der Waals surface area contributed by atoms with Crippen LogP contribution < -0.4 is 10.6 Å². The summed E-state index contributed by atoms with van der Waals surface area (Å²) in [6.07, 6.45) is 2.59. The van der Waals surface area contributed by atoms with Crippen LogP contribution in [0.3, 0.4) is 0 Å². The second-order valence-electron chi connectivity index (χ2n) is 4.55. The molecular formula is C11H20N4OS. The van der Waals surface area contributed by atoms with Crippen molar-refractivity contribution in [1.29, 1.82) is 0 Å². The minimum absolute atomic E-state index is 0.0295. The molecule has 1 aromatic heterocycles. The zero-order valence-corrected chi connectivity index (χ0v) is 11.0. The Bertz CT molecular complexity index is 349. The maximum Gasteiger partial charge on any atom is 0.185 e. The average Bonchev–Trinajstić information content (AvgIpc) is 2.78. The number of aromatic nitrogens is 1. The van der Waals surface area contributed by atoms with E-state index in [1.165, 1.54) is 0 Å². The van der Waals surface area contributed by atoms with Crippen molar-refractivity contribution < 1.29 is 5.11 Å². The number of hydrogen-bond donors (Lipinski definition) is 2. The lowest BCUT2D eigenvalue weighted by Gasteiger charge is -2.32. The van der Waals surface area contributed by atoms with Crippen LogP contribution in [0.15, 0.2) is 6.20 Å². The van der Waals surface area contributed by atoms with Crippen LogP contribution in [0.4, 0.5) is 5.13 Å². The summed E-state index contributed by atoms with van der Waals surface area (Å²) in [5, 5.41) is 10.0. The van der Waals surface area contributed by atoms with Gasteiger partial charge in [0.15, 0.2) is 5.13 Å². The summed E-state index contributed by atoms with van der Waals surface area (Å²) in [5.41, 5.74) is 5.72. The van der Waals surface area contributed by atoms with E-state index in [2.05, 4.69) is 21.8 Å². The van der Waals surface area contributed by atoms with Crippen molar-refractivity contribution in [3.05, 3.63) is 11.1 Å². The van der Waals surface area contributed by atoms with Crippen LogP contribution in [0.1, 0.15) is 4.88 Å². The topological polar surface area (TPSA) is 65.6 Å². The number of hydrogen-bond acceptors (Lipinski definition) is 6. The molecule has 6 heteroatoms. The maximum absolute atomic E-state index is 8.92. The van der Waals surface area contributed by atoms with Gasteiger partial charge in [0.2, 0.25) is 0 Å². The van der Waals surface area contributed by atoms with E-state index in [4.69, 9.17) is 10.8 Å². The van der Waals surface area contributed by atoms with Crippen molar-refractivity contribution in [2.75, 3.05) is 44.7 Å². The molecule has 2 heterocycles. The molecule has 1 fully saturated rings. The lowest BCUT2D eigenvalue weighted by atomic mass is 10.2. The zero-order valence-electron chi connectivity index (χ0n) is 10.2. The molecule has 1 atom stereocenters. The molecule has 1 aliphatic rings. The normalized spacial score (nSPS) is 19.6. The fourth-order valence-electron chi connectivity index (χ4n) is 1.86. The molecule has 0 saturated carbocycles. The number of aliphatic hydroxyl groups excluding tert-OH is 1. The third kappa shape index (κ3) is 3.38. The molecule has 1 aromatic rings. The predicted octanol–water partition coefficient (Wildman–Crippen LogP) is -0.243. The number of rotatable bonds is 4. The standard InChI is InChI=1S/C11H20N4OS/c1-14-2-4-15(5-3-14)11-13-7-10(17-11)6-9(12)8-16/h7,9,16H,2-6,8,12H2,1H3. The monoisotopic (exact) mass is 256 g/mol. The summed E-state index contributed by atoms with van der Waals surface area (Å²) in [5.74, 6) is 0. The van der Waals surface area contributed by atoms with Crippen molar-refractivity contribution >= 4 is 16.5 Å². The molecule has 0 aliphatic carbocycles. The van der Waals surface area contributed by atoms with Gasteiger partial charge < -0.3 is 20.6 Å². The second kappa shape index (κ2) is 5.77. The molecule has 1 saturated heterocycles. The van der Waals surface area contributed by atoms with Crippen LogP contribution in [0, 0.1) is 0 Å². The Labute approximate surface area is 106 Å². The van der Waals surface area contributed by atoms with Gasteiger partial charge in [-0.25, -0.2) is 4.98 Å². The summed E-state index contributed by atoms with van der Waals surface area (Å²) in [7, 11) is 2.14. The summed E-state index contributed by atoms with van der Waals surface area (Å²) < 4.78 is 0. The van der Waals surface area contributed by atoms with E-state index in [1.807, 2.05) is 6.20 Å². The summed E-state index contributed by atoms with van der Waals surface area (Å²) in [4.78, 5) is 10.2. The molecule has 3 N–H and O–H groups in total. The van der Waals surface area contributed by atoms with Crippen LogP contribution in [0.25, 0.3) is 0 Å². The number of thiazole rings is 1. The predicted molar refractivity (Wildman–Crippen MR) is 70.6 cm³/mol. The highest BCUT2D eigenvalue weighted by molar-refractivity contribution is 7.15. The van der Waals surface area contributed by atoms with Gasteiger partial charge in [-0.2, -0.15) is 0 Å². The minimum Gasteiger partial charge on any atom is -0.395 e. The first-order valence-corrected chi connectivity index (χ1v) is 6.75. The highest BCUT2D eigenvalue weighted by Gasteiger charge is 2.17. The molecule has 0 spiro atoms. The van der Waals surface area contributed by atoms with Gasteiger partial charge in [0, 0.05) is 49.7 Å². The fraction of sp³-hybridized carbons (Fsp3) is 0.727. The molecule has 2 rings (SSSR count). The Morgan fingerprint density at radius 2 is 2.18 bits per heavy atom. The van der Waals surface area contributed by atoms with Gasteiger partial charge in [0.05, 0.1) is 6.61 Å². The molecule has 5 nitrogen and oxygen atoms in total. The van der Waals surface area contributed by atoms with E-state index in [0.717, 1.165) is 36.2 Å². The lowest BCUT2D eigenvalue weighted by molar-refractivity contribution is 0.265. The third-order valence-electron chi connectivity index (χ3n) is 3.01. The Balaban J connectivity index is 1.93. The maximum atomic E-state index is 8.92. The number of nitrogens with zero attached hydrogens (tertiary/aromatic N) is 3. The van der Waals surface area contributed by atoms with Gasteiger partial charge in [-0.05, 0) is 7.05 Å². The summed E-state index contributed by atoms with van der Waals surface area (Å²) in [6.45, 7) is 4.28. The first kappa shape index (κ1) is 12.8. The van der Waals surface area contributed by atoms with E-state index >= 15 is 0 Å². The van der Waals surface area contributed by atoms with Crippen LogP contribution in [0.2, 0.25) is 0 Å². The Kier molecular flexibility index (Phi) is 4.33. The van der Waals surface area contributed by atoms with Gasteiger partial charge in [-0.1, -0.05) is 0 Å². The molecule has 1 unspecified atom stereocenters. The average molecular weight is 256 g/mol. The van der Waals surface area contributed by atoms with Gasteiger partial charge >= 0.3 is 0 Å². The summed E-state index contributed by atoms with van der Waals surface area (Å²) in [6, 6.07) is -0.171. The number of likely N-dealkylation sites (N-methyl/N-ethyl adjacent to an activating group) is 1. The molecule has 17 heavy (non-hydrogen) atoms.